The first-order chi connectivity index (χ1) is 8.08. The van der Waals surface area contributed by atoms with Crippen molar-refractivity contribution < 1.29 is 19.5 Å². The summed E-state index contributed by atoms with van der Waals surface area (Å²) in [5.74, 6) is -0.503. The van der Waals surface area contributed by atoms with Crippen LogP contribution in [0.3, 0.4) is 0 Å². The maximum absolute atomic E-state index is 11.8. The third-order valence-corrected chi connectivity index (χ3v) is 2.12. The van der Waals surface area contributed by atoms with Crippen LogP contribution in [0.15, 0.2) is 28.8 Å². The highest BCUT2D eigenvalue weighted by atomic mass is 16.5. The van der Waals surface area contributed by atoms with E-state index in [-0.39, 0.29) is 22.9 Å². The molecule has 0 spiro atoms. The van der Waals surface area contributed by atoms with Gasteiger partial charge in [-0.15, -0.1) is 0 Å². The molecule has 0 fully saturated rings. The van der Waals surface area contributed by atoms with Crippen molar-refractivity contribution in [2.45, 2.75) is 6.92 Å². The number of nitrogens with one attached hydrogen (secondary N) is 1. The molecule has 0 aliphatic carbocycles. The number of anilines is 1. The van der Waals surface area contributed by atoms with Gasteiger partial charge in [-0.1, -0.05) is 11.2 Å². The van der Waals surface area contributed by atoms with E-state index in [4.69, 9.17) is 4.52 Å². The molecule has 1 amide bonds. The minimum atomic E-state index is -0.658. The summed E-state index contributed by atoms with van der Waals surface area (Å²) < 4.78 is 4.77. The highest BCUT2D eigenvalue weighted by Crippen LogP contribution is 2.26. The van der Waals surface area contributed by atoms with Crippen molar-refractivity contribution in [3.05, 3.63) is 35.6 Å². The van der Waals surface area contributed by atoms with Gasteiger partial charge in [0.05, 0.1) is 0 Å². The Labute approximate surface area is 96.5 Å². The van der Waals surface area contributed by atoms with E-state index in [9.17, 15) is 15.0 Å². The predicted octanol–water partition coefficient (Wildman–Crippen LogP) is 1.65. The van der Waals surface area contributed by atoms with Crippen molar-refractivity contribution in [2.24, 2.45) is 0 Å². The van der Waals surface area contributed by atoms with Gasteiger partial charge in [-0.05, 0) is 19.1 Å². The van der Waals surface area contributed by atoms with E-state index in [0.29, 0.717) is 5.76 Å². The van der Waals surface area contributed by atoms with E-state index in [2.05, 4.69) is 10.5 Å². The van der Waals surface area contributed by atoms with Gasteiger partial charge >= 0.3 is 0 Å². The maximum Gasteiger partial charge on any atom is 0.264 e. The Morgan fingerprint density at radius 2 is 2.00 bits per heavy atom. The number of carbonyl (C=O) groups excluding carboxylic acids is 1. The Morgan fingerprint density at radius 1 is 1.35 bits per heavy atom. The first kappa shape index (κ1) is 11.0. The second-order valence-electron chi connectivity index (χ2n) is 3.45. The number of aromatic nitrogens is 1. The number of amides is 1. The number of phenolic OH excluding ortho intramolecular Hbond substituents is 2. The molecule has 0 unspecified atom stereocenters. The normalized spacial score (nSPS) is 10.2. The fraction of sp³-hybridized carbons (Fsp3) is 0.0909. The van der Waals surface area contributed by atoms with E-state index in [1.807, 2.05) is 0 Å². The fourth-order valence-corrected chi connectivity index (χ4v) is 1.37. The van der Waals surface area contributed by atoms with Gasteiger partial charge in [0, 0.05) is 6.07 Å². The summed E-state index contributed by atoms with van der Waals surface area (Å²) in [7, 11) is 0. The van der Waals surface area contributed by atoms with Crippen LogP contribution >= 0.6 is 0 Å². The van der Waals surface area contributed by atoms with Gasteiger partial charge in [0.2, 0.25) is 0 Å². The van der Waals surface area contributed by atoms with Crippen LogP contribution in [0.25, 0.3) is 0 Å². The summed E-state index contributed by atoms with van der Waals surface area (Å²) in [6.45, 7) is 1.68. The highest BCUT2D eigenvalue weighted by Gasteiger charge is 2.17. The van der Waals surface area contributed by atoms with Gasteiger partial charge in [-0.3, -0.25) is 4.79 Å². The summed E-state index contributed by atoms with van der Waals surface area (Å²) in [6, 6.07) is 5.57. The van der Waals surface area contributed by atoms with Crippen molar-refractivity contribution >= 4 is 11.7 Å². The van der Waals surface area contributed by atoms with Crippen LogP contribution in [-0.4, -0.2) is 21.3 Å². The average molecular weight is 234 g/mol. The number of carbonyl (C=O) groups is 1. The molecule has 0 atom stereocenters. The monoisotopic (exact) mass is 234 g/mol. The third kappa shape index (κ3) is 2.20. The Bertz CT molecular complexity index is 542. The van der Waals surface area contributed by atoms with Gasteiger partial charge in [-0.25, -0.2) is 0 Å². The van der Waals surface area contributed by atoms with Crippen molar-refractivity contribution in [3.63, 3.8) is 0 Å². The lowest BCUT2D eigenvalue weighted by Crippen LogP contribution is -2.12. The number of rotatable bonds is 2. The van der Waals surface area contributed by atoms with E-state index in [1.165, 1.54) is 24.3 Å². The van der Waals surface area contributed by atoms with Gasteiger partial charge in [0.15, 0.2) is 5.82 Å². The maximum atomic E-state index is 11.8. The molecule has 2 rings (SSSR count). The first-order valence-electron chi connectivity index (χ1n) is 4.83. The molecule has 6 nitrogen and oxygen atoms in total. The molecule has 2 aromatic rings. The molecule has 0 radical (unpaired) electrons. The zero-order valence-corrected chi connectivity index (χ0v) is 8.97. The molecule has 6 heteroatoms. The lowest BCUT2D eigenvalue weighted by molar-refractivity contribution is 0.102. The number of aromatic hydroxyl groups is 2. The molecule has 17 heavy (non-hydrogen) atoms. The van der Waals surface area contributed by atoms with E-state index in [1.54, 1.807) is 6.92 Å². The second-order valence-corrected chi connectivity index (χ2v) is 3.45. The molecule has 88 valence electrons. The molecule has 3 N–H and O–H groups in total. The Kier molecular flexibility index (Phi) is 2.70. The summed E-state index contributed by atoms with van der Waals surface area (Å²) >= 11 is 0. The molecule has 0 aliphatic heterocycles. The minimum absolute atomic E-state index is 0.201. The predicted molar refractivity (Wildman–Crippen MR) is 59.0 cm³/mol. The molecule has 0 saturated carbocycles. The highest BCUT2D eigenvalue weighted by molar-refractivity contribution is 6.07. The van der Waals surface area contributed by atoms with Gasteiger partial charge in [0.1, 0.15) is 22.8 Å². The van der Waals surface area contributed by atoms with E-state index in [0.717, 1.165) is 0 Å². The van der Waals surface area contributed by atoms with E-state index >= 15 is 0 Å². The van der Waals surface area contributed by atoms with Crippen LogP contribution in [-0.2, 0) is 0 Å². The van der Waals surface area contributed by atoms with Crippen molar-refractivity contribution in [1.82, 2.24) is 5.16 Å². The molecule has 1 aromatic carbocycles. The topological polar surface area (TPSA) is 95.6 Å². The third-order valence-electron chi connectivity index (χ3n) is 2.12. The van der Waals surface area contributed by atoms with Crippen LogP contribution in [0.4, 0.5) is 5.82 Å². The Hall–Kier alpha value is -2.50. The smallest absolute Gasteiger partial charge is 0.264 e. The van der Waals surface area contributed by atoms with Gasteiger partial charge in [-0.2, -0.15) is 0 Å². The van der Waals surface area contributed by atoms with Crippen molar-refractivity contribution in [3.8, 4) is 11.5 Å². The number of aryl methyl sites for hydroxylation is 1. The summed E-state index contributed by atoms with van der Waals surface area (Å²) in [5, 5.41) is 24.9. The average Bonchev–Trinajstić information content (AvgIpc) is 2.63. The molecular formula is C11H10N2O4. The lowest BCUT2D eigenvalue weighted by Gasteiger charge is -2.05. The van der Waals surface area contributed by atoms with E-state index < -0.39 is 5.91 Å². The fourth-order valence-electron chi connectivity index (χ4n) is 1.37. The summed E-state index contributed by atoms with van der Waals surface area (Å²) in [5.41, 5.74) is -0.201. The lowest BCUT2D eigenvalue weighted by atomic mass is 10.1. The first-order valence-corrected chi connectivity index (χ1v) is 4.83. The summed E-state index contributed by atoms with van der Waals surface area (Å²) in [6.07, 6.45) is 0. The standard InChI is InChI=1S/C11H10N2O4/c1-6-5-9(13-17-6)12-11(16)10-7(14)3-2-4-8(10)15/h2-5,14-15H,1H3,(H,12,13,16). The van der Waals surface area contributed by atoms with Gasteiger partial charge in [0.25, 0.3) is 5.91 Å². The van der Waals surface area contributed by atoms with Crippen LogP contribution in [0.2, 0.25) is 0 Å². The minimum Gasteiger partial charge on any atom is -0.507 e. The van der Waals surface area contributed by atoms with Gasteiger partial charge < -0.3 is 20.1 Å². The Morgan fingerprint density at radius 3 is 2.53 bits per heavy atom. The quantitative estimate of drug-likeness (QED) is 0.734. The zero-order chi connectivity index (χ0) is 12.4. The number of hydrogen-bond donors (Lipinski definition) is 3. The SMILES string of the molecule is Cc1cc(NC(=O)c2c(O)cccc2O)no1. The molecule has 0 aliphatic rings. The summed E-state index contributed by atoms with van der Waals surface area (Å²) in [4.78, 5) is 11.8. The van der Waals surface area contributed by atoms with Crippen LogP contribution < -0.4 is 5.32 Å². The molecule has 1 aromatic heterocycles. The number of benzene rings is 1. The molecule has 0 bridgehead atoms. The molecule has 1 heterocycles. The number of phenols is 2. The number of hydrogen-bond acceptors (Lipinski definition) is 5. The van der Waals surface area contributed by atoms with Crippen LogP contribution in [0.1, 0.15) is 16.1 Å². The Balaban J connectivity index is 2.26. The van der Waals surface area contributed by atoms with Crippen LogP contribution in [0.5, 0.6) is 11.5 Å². The van der Waals surface area contributed by atoms with Crippen molar-refractivity contribution in [2.75, 3.05) is 5.32 Å². The molecular weight excluding hydrogens is 224 g/mol. The second kappa shape index (κ2) is 4.17. The molecule has 0 saturated heterocycles. The van der Waals surface area contributed by atoms with Crippen molar-refractivity contribution in [1.29, 1.82) is 0 Å². The van der Waals surface area contributed by atoms with Crippen LogP contribution in [0, 0.1) is 6.92 Å². The zero-order valence-electron chi connectivity index (χ0n) is 8.97. The largest absolute Gasteiger partial charge is 0.507 e. The number of nitrogens with zero attached hydrogens (tertiary/aromatic N) is 1.